The molecule has 0 aliphatic heterocycles. The van der Waals surface area contributed by atoms with Crippen LogP contribution in [0.2, 0.25) is 6.32 Å². The molecule has 0 bridgehead atoms. The average molecular weight is 325 g/mol. The van der Waals surface area contributed by atoms with Gasteiger partial charge < -0.3 is 20.5 Å². The van der Waals surface area contributed by atoms with Gasteiger partial charge in [-0.25, -0.2) is 9.86 Å². The molecule has 0 saturated carbocycles. The van der Waals surface area contributed by atoms with E-state index in [-0.39, 0.29) is 32.3 Å². The van der Waals surface area contributed by atoms with Gasteiger partial charge in [-0.15, -0.1) is 0 Å². The van der Waals surface area contributed by atoms with Crippen LogP contribution in [-0.4, -0.2) is 50.2 Å². The van der Waals surface area contributed by atoms with E-state index in [1.54, 1.807) is 6.92 Å². The molecule has 0 spiro atoms. The highest BCUT2D eigenvalue weighted by atomic mass is 32.2. The molecule has 0 aliphatic carbocycles. The SMILES string of the molecule is CCOC(=O)C(N)(CCCCB(O)O)CCNS(N)(=O)=O. The molecule has 0 aromatic rings. The number of carbonyl (C=O) groups is 1. The number of ether oxygens (including phenoxy) is 1. The molecule has 0 aromatic carbocycles. The highest BCUT2D eigenvalue weighted by molar-refractivity contribution is 7.87. The molecule has 0 aliphatic rings. The molecule has 0 aromatic heterocycles. The number of rotatable bonds is 11. The van der Waals surface area contributed by atoms with Crippen molar-refractivity contribution in [3.05, 3.63) is 0 Å². The lowest BCUT2D eigenvalue weighted by atomic mass is 9.81. The lowest BCUT2D eigenvalue weighted by molar-refractivity contribution is -0.150. The van der Waals surface area contributed by atoms with E-state index in [1.807, 2.05) is 0 Å². The van der Waals surface area contributed by atoms with Crippen molar-refractivity contribution in [1.29, 1.82) is 0 Å². The molecule has 0 heterocycles. The monoisotopic (exact) mass is 325 g/mol. The van der Waals surface area contributed by atoms with Crippen LogP contribution in [0.5, 0.6) is 0 Å². The molecule has 21 heavy (non-hydrogen) atoms. The van der Waals surface area contributed by atoms with E-state index in [9.17, 15) is 13.2 Å². The van der Waals surface area contributed by atoms with Gasteiger partial charge in [0, 0.05) is 6.54 Å². The van der Waals surface area contributed by atoms with E-state index >= 15 is 0 Å². The van der Waals surface area contributed by atoms with Crippen molar-refractivity contribution in [3.8, 4) is 0 Å². The molecule has 124 valence electrons. The summed E-state index contributed by atoms with van der Waals surface area (Å²) in [6.45, 7) is 1.72. The van der Waals surface area contributed by atoms with Gasteiger partial charge in [-0.1, -0.05) is 12.8 Å². The van der Waals surface area contributed by atoms with Crippen molar-refractivity contribution >= 4 is 23.3 Å². The highest BCUT2D eigenvalue weighted by Gasteiger charge is 2.34. The van der Waals surface area contributed by atoms with Crippen LogP contribution in [-0.2, 0) is 19.7 Å². The Morgan fingerprint density at radius 1 is 1.33 bits per heavy atom. The number of carbonyl (C=O) groups excluding carboxylic acids is 1. The number of hydrogen-bond donors (Lipinski definition) is 5. The second kappa shape index (κ2) is 9.33. The van der Waals surface area contributed by atoms with Crippen molar-refractivity contribution in [2.75, 3.05) is 13.2 Å². The Bertz CT molecular complexity index is 419. The third-order valence-corrected chi connectivity index (χ3v) is 3.50. The van der Waals surface area contributed by atoms with Crippen molar-refractivity contribution in [2.45, 2.75) is 44.5 Å². The van der Waals surface area contributed by atoms with Crippen LogP contribution in [0.15, 0.2) is 0 Å². The summed E-state index contributed by atoms with van der Waals surface area (Å²) >= 11 is 0. The Morgan fingerprint density at radius 3 is 2.43 bits per heavy atom. The maximum absolute atomic E-state index is 11.9. The predicted molar refractivity (Wildman–Crippen MR) is 78.1 cm³/mol. The minimum atomic E-state index is -3.84. The second-order valence-corrected chi connectivity index (χ2v) is 6.17. The zero-order valence-electron chi connectivity index (χ0n) is 12.1. The van der Waals surface area contributed by atoms with Crippen molar-refractivity contribution in [2.24, 2.45) is 10.9 Å². The number of nitrogens with two attached hydrogens (primary N) is 2. The van der Waals surface area contributed by atoms with Gasteiger partial charge in [0.2, 0.25) is 0 Å². The lowest BCUT2D eigenvalue weighted by Gasteiger charge is -2.27. The molecule has 1 unspecified atom stereocenters. The second-order valence-electron chi connectivity index (χ2n) is 4.79. The molecule has 0 radical (unpaired) electrons. The fourth-order valence-corrected chi connectivity index (χ4v) is 2.17. The highest BCUT2D eigenvalue weighted by Crippen LogP contribution is 2.19. The van der Waals surface area contributed by atoms with Gasteiger partial charge in [-0.2, -0.15) is 8.42 Å². The van der Waals surface area contributed by atoms with Crippen LogP contribution in [0.25, 0.3) is 0 Å². The van der Waals surface area contributed by atoms with Gasteiger partial charge in [0.15, 0.2) is 0 Å². The van der Waals surface area contributed by atoms with Crippen molar-refractivity contribution < 1.29 is 28.0 Å². The van der Waals surface area contributed by atoms with Gasteiger partial charge >= 0.3 is 13.1 Å². The summed E-state index contributed by atoms with van der Waals surface area (Å²) < 4.78 is 28.6. The van der Waals surface area contributed by atoms with Crippen LogP contribution in [0.1, 0.15) is 32.6 Å². The van der Waals surface area contributed by atoms with Crippen LogP contribution < -0.4 is 15.6 Å². The zero-order chi connectivity index (χ0) is 16.5. The zero-order valence-corrected chi connectivity index (χ0v) is 12.9. The first-order valence-electron chi connectivity index (χ1n) is 6.70. The van der Waals surface area contributed by atoms with E-state index in [4.69, 9.17) is 25.7 Å². The predicted octanol–water partition coefficient (Wildman–Crippen LogP) is -1.93. The summed E-state index contributed by atoms with van der Waals surface area (Å²) in [5.74, 6) is -0.620. The summed E-state index contributed by atoms with van der Waals surface area (Å²) in [5, 5.41) is 22.3. The summed E-state index contributed by atoms with van der Waals surface area (Å²) in [6, 6.07) is 0. The molecule has 7 N–H and O–H groups in total. The quantitative estimate of drug-likeness (QED) is 0.168. The first-order chi connectivity index (χ1) is 9.60. The van der Waals surface area contributed by atoms with Gasteiger partial charge in [-0.3, -0.25) is 4.79 Å². The first kappa shape index (κ1) is 20.3. The summed E-state index contributed by atoms with van der Waals surface area (Å²) in [7, 11) is -5.24. The smallest absolute Gasteiger partial charge is 0.451 e. The minimum absolute atomic E-state index is 0.0317. The number of nitrogens with one attached hydrogen (secondary N) is 1. The van der Waals surface area contributed by atoms with Crippen molar-refractivity contribution in [3.63, 3.8) is 0 Å². The van der Waals surface area contributed by atoms with E-state index in [0.29, 0.717) is 12.8 Å². The van der Waals surface area contributed by atoms with Crippen molar-refractivity contribution in [1.82, 2.24) is 4.72 Å². The van der Waals surface area contributed by atoms with E-state index in [1.165, 1.54) is 0 Å². The summed E-state index contributed by atoms with van der Waals surface area (Å²) in [5.41, 5.74) is 4.66. The Labute approximate surface area is 125 Å². The molecular formula is C10H24BN3O6S. The normalized spacial score (nSPS) is 14.5. The van der Waals surface area contributed by atoms with Gasteiger partial charge in [-0.05, 0) is 26.1 Å². The van der Waals surface area contributed by atoms with Gasteiger partial charge in [0.1, 0.15) is 5.54 Å². The molecule has 0 rings (SSSR count). The largest absolute Gasteiger partial charge is 0.465 e. The fourth-order valence-electron chi connectivity index (χ4n) is 1.79. The van der Waals surface area contributed by atoms with Gasteiger partial charge in [0.25, 0.3) is 10.2 Å². The fraction of sp³-hybridized carbons (Fsp3) is 0.900. The Hall–Kier alpha value is -0.715. The molecular weight excluding hydrogens is 301 g/mol. The summed E-state index contributed by atoms with van der Waals surface area (Å²) in [6.07, 6.45) is 1.39. The van der Waals surface area contributed by atoms with Crippen LogP contribution in [0.3, 0.4) is 0 Å². The molecule has 0 fully saturated rings. The van der Waals surface area contributed by atoms with Crippen LogP contribution in [0, 0.1) is 0 Å². The van der Waals surface area contributed by atoms with E-state index in [0.717, 1.165) is 0 Å². The number of unbranched alkanes of at least 4 members (excludes halogenated alkanes) is 1. The molecule has 1 atom stereocenters. The Balaban J connectivity index is 4.50. The first-order valence-corrected chi connectivity index (χ1v) is 8.25. The number of esters is 1. The maximum Gasteiger partial charge on any atom is 0.451 e. The minimum Gasteiger partial charge on any atom is -0.465 e. The molecule has 9 nitrogen and oxygen atoms in total. The van der Waals surface area contributed by atoms with Gasteiger partial charge in [0.05, 0.1) is 6.61 Å². The van der Waals surface area contributed by atoms with Crippen LogP contribution >= 0.6 is 0 Å². The third-order valence-electron chi connectivity index (χ3n) is 2.89. The van der Waals surface area contributed by atoms with E-state index in [2.05, 4.69) is 4.72 Å². The average Bonchev–Trinajstić information content (AvgIpc) is 2.33. The Kier molecular flexibility index (Phi) is 9.01. The number of hydrogen-bond acceptors (Lipinski definition) is 7. The Morgan fingerprint density at radius 2 is 1.95 bits per heavy atom. The lowest BCUT2D eigenvalue weighted by Crippen LogP contribution is -2.51. The summed E-state index contributed by atoms with van der Waals surface area (Å²) in [4.78, 5) is 11.9. The standard InChI is InChI=1S/C10H24BN3O6S/c1-2-20-9(15)10(12,5-3-4-7-11(16)17)6-8-14-21(13,18)19/h14,16-17H,2-8,12H2,1H3,(H2,13,18,19). The van der Waals surface area contributed by atoms with E-state index < -0.39 is 28.8 Å². The molecule has 0 amide bonds. The van der Waals surface area contributed by atoms with Crippen LogP contribution in [0.4, 0.5) is 0 Å². The molecule has 11 heteroatoms. The third kappa shape index (κ3) is 9.77. The topological polar surface area (TPSA) is 165 Å². The maximum atomic E-state index is 11.9. The molecule has 0 saturated heterocycles.